The molecule has 0 aromatic heterocycles. The van der Waals surface area contributed by atoms with E-state index >= 15 is 0 Å². The van der Waals surface area contributed by atoms with Gasteiger partial charge in [-0.15, -0.1) is 0 Å². The second-order valence-corrected chi connectivity index (χ2v) is 5.45. The number of hydrogen-bond donors (Lipinski definition) is 1. The Labute approximate surface area is 119 Å². The summed E-state index contributed by atoms with van der Waals surface area (Å²) in [6, 6.07) is 5.71. The van der Waals surface area contributed by atoms with Crippen LogP contribution in [0.5, 0.6) is 0 Å². The van der Waals surface area contributed by atoms with Crippen molar-refractivity contribution >= 4 is 17.5 Å². The molecule has 2 rings (SSSR count). The van der Waals surface area contributed by atoms with Crippen molar-refractivity contribution in [3.05, 3.63) is 29.3 Å². The van der Waals surface area contributed by atoms with Crippen LogP contribution >= 0.6 is 0 Å². The normalized spacial score (nSPS) is 16.2. The second-order valence-electron chi connectivity index (χ2n) is 5.45. The first-order valence-electron chi connectivity index (χ1n) is 6.85. The Morgan fingerprint density at radius 3 is 2.55 bits per heavy atom. The van der Waals surface area contributed by atoms with Gasteiger partial charge < -0.3 is 15.5 Å². The highest BCUT2D eigenvalue weighted by Crippen LogP contribution is 2.19. The van der Waals surface area contributed by atoms with Gasteiger partial charge in [0.15, 0.2) is 0 Å². The van der Waals surface area contributed by atoms with Gasteiger partial charge in [0.05, 0.1) is 0 Å². The van der Waals surface area contributed by atoms with Gasteiger partial charge in [0, 0.05) is 31.4 Å². The van der Waals surface area contributed by atoms with Crippen LogP contribution in [0, 0.1) is 6.92 Å². The summed E-state index contributed by atoms with van der Waals surface area (Å²) in [5.74, 6) is -0.834. The molecule has 1 aliphatic rings. The zero-order valence-electron chi connectivity index (χ0n) is 12.2. The SMILES string of the molecule is Cc1c(N)cccc1CN1CCN(C(C)C)C(=O)C1=O. The maximum atomic E-state index is 12.1. The van der Waals surface area contributed by atoms with E-state index in [4.69, 9.17) is 5.73 Å². The van der Waals surface area contributed by atoms with Crippen LogP contribution in [0.15, 0.2) is 18.2 Å². The summed E-state index contributed by atoms with van der Waals surface area (Å²) in [7, 11) is 0. The Balaban J connectivity index is 2.14. The molecule has 0 spiro atoms. The molecule has 5 nitrogen and oxygen atoms in total. The van der Waals surface area contributed by atoms with Crippen molar-refractivity contribution in [2.75, 3.05) is 18.8 Å². The molecule has 0 saturated carbocycles. The topological polar surface area (TPSA) is 66.6 Å². The van der Waals surface area contributed by atoms with E-state index in [0.29, 0.717) is 25.3 Å². The standard InChI is InChI=1S/C15H21N3O2/c1-10(2)18-8-7-17(14(19)15(18)20)9-12-5-4-6-13(16)11(12)3/h4-6,10H,7-9,16H2,1-3H3. The molecule has 2 amide bonds. The fraction of sp³-hybridized carbons (Fsp3) is 0.467. The summed E-state index contributed by atoms with van der Waals surface area (Å²) in [5, 5.41) is 0. The van der Waals surface area contributed by atoms with E-state index in [0.717, 1.165) is 11.1 Å². The monoisotopic (exact) mass is 275 g/mol. The number of nitrogen functional groups attached to an aromatic ring is 1. The molecule has 0 radical (unpaired) electrons. The first-order chi connectivity index (χ1) is 9.41. The average molecular weight is 275 g/mol. The molecule has 108 valence electrons. The van der Waals surface area contributed by atoms with Gasteiger partial charge in [-0.25, -0.2) is 0 Å². The molecular formula is C15H21N3O2. The summed E-state index contributed by atoms with van der Waals surface area (Å²) >= 11 is 0. The second kappa shape index (κ2) is 5.53. The summed E-state index contributed by atoms with van der Waals surface area (Å²) in [6.07, 6.45) is 0. The Morgan fingerprint density at radius 2 is 1.90 bits per heavy atom. The molecule has 1 aromatic carbocycles. The third kappa shape index (κ3) is 2.61. The van der Waals surface area contributed by atoms with Gasteiger partial charge in [-0.05, 0) is 38.0 Å². The smallest absolute Gasteiger partial charge is 0.312 e. The van der Waals surface area contributed by atoms with E-state index < -0.39 is 11.8 Å². The highest BCUT2D eigenvalue weighted by atomic mass is 16.2. The predicted molar refractivity (Wildman–Crippen MR) is 77.9 cm³/mol. The number of carbonyl (C=O) groups is 2. The van der Waals surface area contributed by atoms with Crippen LogP contribution in [0.3, 0.4) is 0 Å². The third-order valence-corrected chi connectivity index (χ3v) is 3.81. The van der Waals surface area contributed by atoms with Crippen molar-refractivity contribution < 1.29 is 9.59 Å². The van der Waals surface area contributed by atoms with E-state index in [-0.39, 0.29) is 6.04 Å². The minimum Gasteiger partial charge on any atom is -0.399 e. The van der Waals surface area contributed by atoms with Gasteiger partial charge in [-0.1, -0.05) is 12.1 Å². The molecule has 1 aromatic rings. The van der Waals surface area contributed by atoms with Crippen LogP contribution < -0.4 is 5.73 Å². The van der Waals surface area contributed by atoms with Gasteiger partial charge in [-0.3, -0.25) is 9.59 Å². The van der Waals surface area contributed by atoms with E-state index in [9.17, 15) is 9.59 Å². The van der Waals surface area contributed by atoms with E-state index in [1.807, 2.05) is 39.0 Å². The molecule has 0 unspecified atom stereocenters. The lowest BCUT2D eigenvalue weighted by molar-refractivity contribution is -0.157. The zero-order valence-corrected chi connectivity index (χ0v) is 12.2. The number of benzene rings is 1. The number of hydrogen-bond acceptors (Lipinski definition) is 3. The lowest BCUT2D eigenvalue weighted by Crippen LogP contribution is -2.55. The van der Waals surface area contributed by atoms with Crippen molar-refractivity contribution in [1.29, 1.82) is 0 Å². The quantitative estimate of drug-likeness (QED) is 0.665. The van der Waals surface area contributed by atoms with E-state index in [2.05, 4.69) is 0 Å². The van der Waals surface area contributed by atoms with Crippen molar-refractivity contribution in [3.63, 3.8) is 0 Å². The summed E-state index contributed by atoms with van der Waals surface area (Å²) in [4.78, 5) is 27.4. The molecule has 5 heteroatoms. The maximum Gasteiger partial charge on any atom is 0.312 e. The van der Waals surface area contributed by atoms with Gasteiger partial charge in [-0.2, -0.15) is 0 Å². The molecule has 1 heterocycles. The Kier molecular flexibility index (Phi) is 3.97. The molecule has 1 fully saturated rings. The molecule has 1 saturated heterocycles. The van der Waals surface area contributed by atoms with Crippen LogP contribution in [0.2, 0.25) is 0 Å². The van der Waals surface area contributed by atoms with Crippen molar-refractivity contribution in [2.45, 2.75) is 33.4 Å². The van der Waals surface area contributed by atoms with Crippen LogP contribution in [-0.2, 0) is 16.1 Å². The maximum absolute atomic E-state index is 12.1. The molecule has 0 bridgehead atoms. The number of nitrogens with zero attached hydrogens (tertiary/aromatic N) is 2. The number of piperazine rings is 1. The van der Waals surface area contributed by atoms with E-state index in [1.54, 1.807) is 9.80 Å². The van der Waals surface area contributed by atoms with Crippen molar-refractivity contribution in [1.82, 2.24) is 9.80 Å². The van der Waals surface area contributed by atoms with Gasteiger partial charge >= 0.3 is 11.8 Å². The highest BCUT2D eigenvalue weighted by molar-refractivity contribution is 6.35. The number of anilines is 1. The van der Waals surface area contributed by atoms with Gasteiger partial charge in [0.1, 0.15) is 0 Å². The Bertz CT molecular complexity index is 540. The molecular weight excluding hydrogens is 254 g/mol. The first kappa shape index (κ1) is 14.4. The van der Waals surface area contributed by atoms with Crippen molar-refractivity contribution in [3.8, 4) is 0 Å². The average Bonchev–Trinajstić information content (AvgIpc) is 2.40. The van der Waals surface area contributed by atoms with Crippen LogP contribution in [-0.4, -0.2) is 40.7 Å². The van der Waals surface area contributed by atoms with Crippen LogP contribution in [0.25, 0.3) is 0 Å². The summed E-state index contributed by atoms with van der Waals surface area (Å²) in [5.41, 5.74) is 8.54. The summed E-state index contributed by atoms with van der Waals surface area (Å²) in [6.45, 7) is 7.36. The number of amides is 2. The van der Waals surface area contributed by atoms with Gasteiger partial charge in [0.2, 0.25) is 0 Å². The summed E-state index contributed by atoms with van der Waals surface area (Å²) < 4.78 is 0. The number of carbonyl (C=O) groups excluding carboxylic acids is 2. The number of nitrogens with two attached hydrogens (primary N) is 1. The highest BCUT2D eigenvalue weighted by Gasteiger charge is 2.33. The molecule has 20 heavy (non-hydrogen) atoms. The van der Waals surface area contributed by atoms with Crippen LogP contribution in [0.4, 0.5) is 5.69 Å². The minimum absolute atomic E-state index is 0.0581. The molecule has 0 atom stereocenters. The predicted octanol–water partition coefficient (Wildman–Crippen LogP) is 1.16. The molecule has 2 N–H and O–H groups in total. The molecule has 0 aliphatic carbocycles. The lowest BCUT2D eigenvalue weighted by Gasteiger charge is -2.36. The largest absolute Gasteiger partial charge is 0.399 e. The minimum atomic E-state index is -0.424. The molecule has 1 aliphatic heterocycles. The fourth-order valence-corrected chi connectivity index (χ4v) is 2.41. The third-order valence-electron chi connectivity index (χ3n) is 3.81. The van der Waals surface area contributed by atoms with Crippen LogP contribution in [0.1, 0.15) is 25.0 Å². The van der Waals surface area contributed by atoms with E-state index in [1.165, 1.54) is 0 Å². The van der Waals surface area contributed by atoms with Crippen molar-refractivity contribution in [2.24, 2.45) is 0 Å². The van der Waals surface area contributed by atoms with Gasteiger partial charge in [0.25, 0.3) is 0 Å². The lowest BCUT2D eigenvalue weighted by atomic mass is 10.1. The Morgan fingerprint density at radius 1 is 1.20 bits per heavy atom. The fourth-order valence-electron chi connectivity index (χ4n) is 2.41. The zero-order chi connectivity index (χ0) is 14.9. The Hall–Kier alpha value is -2.04. The first-order valence-corrected chi connectivity index (χ1v) is 6.85. The number of rotatable bonds is 3.